The maximum absolute atomic E-state index is 10.1. The van der Waals surface area contributed by atoms with Crippen LogP contribution in [-0.2, 0) is 0 Å². The van der Waals surface area contributed by atoms with Gasteiger partial charge in [-0.3, -0.25) is 0 Å². The Bertz CT molecular complexity index is 2620. The van der Waals surface area contributed by atoms with Gasteiger partial charge in [0, 0.05) is 45.2 Å². The Morgan fingerprint density at radius 2 is 0.885 bits per heavy atom. The van der Waals surface area contributed by atoms with Crippen molar-refractivity contribution in [3.63, 3.8) is 0 Å². The van der Waals surface area contributed by atoms with Crippen LogP contribution in [0.15, 0.2) is 146 Å². The Balaban J connectivity index is 1.54. The summed E-state index contributed by atoms with van der Waals surface area (Å²) in [6.45, 7) is 0. The molecule has 0 heterocycles. The number of rotatable bonds is 4. The van der Waals surface area contributed by atoms with E-state index in [1.807, 2.05) is 109 Å². The largest absolute Gasteiger partial charge is 0.506 e. The minimum Gasteiger partial charge on any atom is -0.506 e. The Hall–Kier alpha value is -7.72. The van der Waals surface area contributed by atoms with Crippen LogP contribution in [0.3, 0.4) is 0 Å². The van der Waals surface area contributed by atoms with E-state index < -0.39 is 0 Å². The van der Waals surface area contributed by atoms with Gasteiger partial charge >= 0.3 is 0 Å². The molecule has 0 saturated heterocycles. The highest BCUT2D eigenvalue weighted by atomic mass is 16.5. The van der Waals surface area contributed by atoms with Gasteiger partial charge in [-0.1, -0.05) is 90.1 Å². The van der Waals surface area contributed by atoms with E-state index in [1.54, 1.807) is 24.3 Å². The van der Waals surface area contributed by atoms with Gasteiger partial charge in [0.05, 0.1) is 22.5 Å². The summed E-state index contributed by atoms with van der Waals surface area (Å²) in [6.07, 6.45) is 0. The van der Waals surface area contributed by atoms with E-state index >= 15 is 0 Å². The first-order valence-corrected chi connectivity index (χ1v) is 16.3. The van der Waals surface area contributed by atoms with E-state index in [0.29, 0.717) is 45.1 Å². The molecule has 0 bridgehead atoms. The number of fused-ring (bicyclic) bond motifs is 1. The number of aromatic hydroxyl groups is 2. The van der Waals surface area contributed by atoms with E-state index in [-0.39, 0.29) is 22.9 Å². The Morgan fingerprint density at radius 3 is 1.38 bits per heavy atom. The SMILES string of the molecule is Nc1cc(Oc2cc(C#Cc3ccccc3)c3c(C#Cc4ccccc4)c(Oc4ccc(O)c(N)c4)ccc3c2C#Cc2ccccc2)ccc1O. The number of phenolic OH excluding ortho intramolecular Hbond substituents is 2. The Kier molecular flexibility index (Phi) is 9.34. The minimum absolute atomic E-state index is 0.0435. The topological polar surface area (TPSA) is 111 Å². The van der Waals surface area contributed by atoms with Crippen molar-refractivity contribution in [1.82, 2.24) is 0 Å². The summed E-state index contributed by atoms with van der Waals surface area (Å²) in [5.74, 6) is 21.6. The first-order chi connectivity index (χ1) is 25.4. The highest BCUT2D eigenvalue weighted by molar-refractivity contribution is 6.01. The first-order valence-electron chi connectivity index (χ1n) is 16.3. The van der Waals surface area contributed by atoms with Crippen LogP contribution in [-0.4, -0.2) is 10.2 Å². The van der Waals surface area contributed by atoms with Crippen molar-refractivity contribution >= 4 is 22.1 Å². The Labute approximate surface area is 301 Å². The summed E-state index contributed by atoms with van der Waals surface area (Å²) in [5, 5.41) is 21.6. The molecule has 0 spiro atoms. The van der Waals surface area contributed by atoms with Gasteiger partial charge in [-0.2, -0.15) is 0 Å². The molecular weight excluding hydrogens is 645 g/mol. The first kappa shape index (κ1) is 32.8. The third-order valence-corrected chi connectivity index (χ3v) is 8.01. The molecule has 52 heavy (non-hydrogen) atoms. The number of phenols is 2. The summed E-state index contributed by atoms with van der Waals surface area (Å²) in [4.78, 5) is 0. The maximum atomic E-state index is 10.1. The summed E-state index contributed by atoms with van der Waals surface area (Å²) < 4.78 is 12.9. The van der Waals surface area contributed by atoms with E-state index in [9.17, 15) is 10.2 Å². The summed E-state index contributed by atoms with van der Waals surface area (Å²) in [5.41, 5.74) is 16.6. The molecule has 0 aromatic heterocycles. The van der Waals surface area contributed by atoms with Gasteiger partial charge in [0.15, 0.2) is 0 Å². The van der Waals surface area contributed by atoms with Gasteiger partial charge in [-0.05, 0) is 78.9 Å². The minimum atomic E-state index is -0.0473. The fraction of sp³-hybridized carbons (Fsp3) is 0. The van der Waals surface area contributed by atoms with E-state index in [0.717, 1.165) is 22.1 Å². The van der Waals surface area contributed by atoms with Gasteiger partial charge in [0.25, 0.3) is 0 Å². The molecule has 6 nitrogen and oxygen atoms in total. The molecular formula is C46H30N2O4. The Morgan fingerprint density at radius 1 is 0.423 bits per heavy atom. The molecule has 0 fully saturated rings. The second-order valence-electron chi connectivity index (χ2n) is 11.7. The molecule has 0 saturated carbocycles. The van der Waals surface area contributed by atoms with Crippen LogP contribution in [0.25, 0.3) is 10.8 Å². The van der Waals surface area contributed by atoms with Crippen molar-refractivity contribution in [2.24, 2.45) is 0 Å². The molecule has 0 unspecified atom stereocenters. The number of nitrogens with two attached hydrogens (primary N) is 2. The van der Waals surface area contributed by atoms with Crippen LogP contribution in [0.2, 0.25) is 0 Å². The lowest BCUT2D eigenvalue weighted by Gasteiger charge is -2.17. The zero-order chi connectivity index (χ0) is 35.9. The fourth-order valence-corrected chi connectivity index (χ4v) is 5.42. The number of nitrogen functional groups attached to an aromatic ring is 2. The standard InChI is InChI=1S/C46H30N2O4/c47-40-29-35(20-25-42(40)49)51-44-27-24-38-37(22-17-32-12-6-2-7-13-32)45(52-36-21-26-43(50)41(48)30-36)28-34(19-16-31-10-4-1-5-11-31)46(38)39(44)23-18-33-14-8-3-9-15-33/h1-15,20-21,24-30,49-50H,47-48H2. The predicted octanol–water partition coefficient (Wildman–Crippen LogP) is 9.20. The monoisotopic (exact) mass is 674 g/mol. The third kappa shape index (κ3) is 7.46. The smallest absolute Gasteiger partial charge is 0.144 e. The molecule has 7 rings (SSSR count). The molecule has 0 aliphatic carbocycles. The maximum Gasteiger partial charge on any atom is 0.144 e. The lowest BCUT2D eigenvalue weighted by molar-refractivity contribution is 0.466. The molecule has 0 aliphatic rings. The molecule has 6 heteroatoms. The number of ether oxygens (including phenoxy) is 2. The van der Waals surface area contributed by atoms with Crippen molar-refractivity contribution in [2.75, 3.05) is 11.5 Å². The van der Waals surface area contributed by atoms with E-state index in [1.165, 1.54) is 12.1 Å². The van der Waals surface area contributed by atoms with Crippen molar-refractivity contribution in [2.45, 2.75) is 0 Å². The third-order valence-electron chi connectivity index (χ3n) is 8.01. The normalized spacial score (nSPS) is 10.2. The zero-order valence-corrected chi connectivity index (χ0v) is 27.7. The average Bonchev–Trinajstić information content (AvgIpc) is 3.17. The molecule has 0 aliphatic heterocycles. The molecule has 7 aromatic rings. The van der Waals surface area contributed by atoms with Crippen LogP contribution < -0.4 is 20.9 Å². The lowest BCUT2D eigenvalue weighted by atomic mass is 9.93. The fourth-order valence-electron chi connectivity index (χ4n) is 5.42. The molecule has 7 aromatic carbocycles. The summed E-state index contributed by atoms with van der Waals surface area (Å²) in [6, 6.07) is 43.9. The van der Waals surface area contributed by atoms with Crippen molar-refractivity contribution < 1.29 is 19.7 Å². The van der Waals surface area contributed by atoms with E-state index in [4.69, 9.17) is 20.9 Å². The van der Waals surface area contributed by atoms with E-state index in [2.05, 4.69) is 35.5 Å². The molecule has 0 amide bonds. The van der Waals surface area contributed by atoms with Gasteiger partial charge in [0.1, 0.15) is 34.5 Å². The molecule has 0 radical (unpaired) electrons. The molecule has 6 N–H and O–H groups in total. The summed E-state index contributed by atoms with van der Waals surface area (Å²) >= 11 is 0. The number of hydrogen-bond donors (Lipinski definition) is 4. The second kappa shape index (κ2) is 14.8. The van der Waals surface area contributed by atoms with Crippen LogP contribution in [0.4, 0.5) is 11.4 Å². The number of anilines is 2. The lowest BCUT2D eigenvalue weighted by Crippen LogP contribution is -1.98. The van der Waals surface area contributed by atoms with Crippen molar-refractivity contribution in [3.8, 4) is 70.0 Å². The number of hydrogen-bond acceptors (Lipinski definition) is 6. The van der Waals surface area contributed by atoms with Crippen molar-refractivity contribution in [3.05, 3.63) is 179 Å². The van der Waals surface area contributed by atoms with Crippen molar-refractivity contribution in [1.29, 1.82) is 0 Å². The highest BCUT2D eigenvalue weighted by Gasteiger charge is 2.19. The quantitative estimate of drug-likeness (QED) is 0.0842. The van der Waals surface area contributed by atoms with Crippen LogP contribution in [0.5, 0.6) is 34.5 Å². The van der Waals surface area contributed by atoms with Crippen LogP contribution in [0.1, 0.15) is 33.4 Å². The highest BCUT2D eigenvalue weighted by Crippen LogP contribution is 2.41. The van der Waals surface area contributed by atoms with Gasteiger partial charge in [-0.25, -0.2) is 0 Å². The van der Waals surface area contributed by atoms with Gasteiger partial charge in [-0.15, -0.1) is 0 Å². The molecule has 248 valence electrons. The van der Waals surface area contributed by atoms with Gasteiger partial charge < -0.3 is 31.2 Å². The predicted molar refractivity (Wildman–Crippen MR) is 206 cm³/mol. The second-order valence-corrected chi connectivity index (χ2v) is 11.7. The van der Waals surface area contributed by atoms with Crippen LogP contribution >= 0.6 is 0 Å². The van der Waals surface area contributed by atoms with Gasteiger partial charge in [0.2, 0.25) is 0 Å². The number of benzene rings is 7. The zero-order valence-electron chi connectivity index (χ0n) is 27.7. The van der Waals surface area contributed by atoms with Crippen LogP contribution in [0, 0.1) is 35.5 Å². The summed E-state index contributed by atoms with van der Waals surface area (Å²) in [7, 11) is 0. The molecule has 0 atom stereocenters. The average molecular weight is 675 g/mol.